The molecule has 0 unspecified atom stereocenters. The van der Waals surface area contributed by atoms with E-state index in [1.807, 2.05) is 0 Å². The molecule has 1 nitrogen and oxygen atoms in total. The van der Waals surface area contributed by atoms with Crippen LogP contribution in [0.15, 0.2) is 48.5 Å². The van der Waals surface area contributed by atoms with Crippen LogP contribution < -0.4 is 0 Å². The summed E-state index contributed by atoms with van der Waals surface area (Å²) >= 11 is 0. The largest absolute Gasteiger partial charge is 0.300 e. The molecule has 0 aliphatic carbocycles. The Bertz CT molecular complexity index is 612. The lowest BCUT2D eigenvalue weighted by molar-refractivity contribution is 0.251. The standard InChI is InChI=1S/C19H23N.ClH/c1-16(11-14-20-12-5-2-6-13-20)18-10-9-17-7-3-4-8-19(17)15-18;/h3-4,7-11,15H,2,5-6,12-14H2,1H3;1H/b16-11+;. The summed E-state index contributed by atoms with van der Waals surface area (Å²) in [5, 5.41) is 2.65. The van der Waals surface area contributed by atoms with Gasteiger partial charge in [0.25, 0.3) is 0 Å². The molecule has 112 valence electrons. The number of piperidine rings is 1. The Kier molecular flexibility index (Phi) is 5.84. The van der Waals surface area contributed by atoms with E-state index in [2.05, 4.69) is 60.4 Å². The highest BCUT2D eigenvalue weighted by Crippen LogP contribution is 2.21. The number of rotatable bonds is 3. The maximum Gasteiger partial charge on any atom is 0.0169 e. The maximum absolute atomic E-state index is 2.56. The molecule has 0 radical (unpaired) electrons. The molecule has 0 saturated carbocycles. The van der Waals surface area contributed by atoms with Crippen molar-refractivity contribution in [3.05, 3.63) is 54.1 Å². The summed E-state index contributed by atoms with van der Waals surface area (Å²) in [5.41, 5.74) is 2.74. The number of benzene rings is 2. The van der Waals surface area contributed by atoms with Gasteiger partial charge in [-0.3, -0.25) is 4.90 Å². The summed E-state index contributed by atoms with van der Waals surface area (Å²) in [6.07, 6.45) is 6.52. The fraction of sp³-hybridized carbons (Fsp3) is 0.368. The van der Waals surface area contributed by atoms with Gasteiger partial charge in [-0.2, -0.15) is 0 Å². The van der Waals surface area contributed by atoms with Gasteiger partial charge in [-0.05, 0) is 60.8 Å². The lowest BCUT2D eigenvalue weighted by Crippen LogP contribution is -2.29. The predicted octanol–water partition coefficient (Wildman–Crippen LogP) is 5.15. The summed E-state index contributed by atoms with van der Waals surface area (Å²) in [6.45, 7) is 5.86. The Morgan fingerprint density at radius 2 is 1.71 bits per heavy atom. The molecule has 2 aromatic carbocycles. The average Bonchev–Trinajstić information content (AvgIpc) is 2.53. The molecule has 1 saturated heterocycles. The van der Waals surface area contributed by atoms with Gasteiger partial charge >= 0.3 is 0 Å². The van der Waals surface area contributed by atoms with Crippen molar-refractivity contribution in [2.24, 2.45) is 0 Å². The van der Waals surface area contributed by atoms with Crippen molar-refractivity contribution < 1.29 is 0 Å². The summed E-state index contributed by atoms with van der Waals surface area (Å²) in [6, 6.07) is 15.3. The second-order valence-corrected chi connectivity index (χ2v) is 5.81. The first kappa shape index (κ1) is 16.1. The normalized spacial score (nSPS) is 16.7. The number of hydrogen-bond acceptors (Lipinski definition) is 1. The summed E-state index contributed by atoms with van der Waals surface area (Å²) in [4.78, 5) is 2.56. The van der Waals surface area contributed by atoms with Crippen LogP contribution in [0.3, 0.4) is 0 Å². The van der Waals surface area contributed by atoms with Gasteiger partial charge in [0.05, 0.1) is 0 Å². The molecule has 0 spiro atoms. The van der Waals surface area contributed by atoms with Gasteiger partial charge in [0, 0.05) is 6.54 Å². The first-order valence-corrected chi connectivity index (χ1v) is 7.71. The van der Waals surface area contributed by atoms with Crippen LogP contribution >= 0.6 is 12.4 Å². The van der Waals surface area contributed by atoms with Gasteiger partial charge in [0.15, 0.2) is 0 Å². The van der Waals surface area contributed by atoms with Crippen molar-refractivity contribution in [1.29, 1.82) is 0 Å². The van der Waals surface area contributed by atoms with E-state index in [0.717, 1.165) is 6.54 Å². The molecule has 2 heteroatoms. The first-order valence-electron chi connectivity index (χ1n) is 7.71. The molecular formula is C19H24ClN. The third-order valence-electron chi connectivity index (χ3n) is 4.31. The number of halogens is 1. The maximum atomic E-state index is 2.56. The lowest BCUT2D eigenvalue weighted by atomic mass is 10.0. The van der Waals surface area contributed by atoms with Crippen molar-refractivity contribution >= 4 is 28.8 Å². The molecule has 21 heavy (non-hydrogen) atoms. The molecule has 0 amide bonds. The van der Waals surface area contributed by atoms with Gasteiger partial charge in [-0.1, -0.05) is 48.9 Å². The van der Waals surface area contributed by atoms with Crippen molar-refractivity contribution in [1.82, 2.24) is 4.90 Å². The molecule has 1 fully saturated rings. The fourth-order valence-corrected chi connectivity index (χ4v) is 2.96. The lowest BCUT2D eigenvalue weighted by Gasteiger charge is -2.25. The SMILES string of the molecule is C/C(=C\CN1CCCCC1)c1ccc2ccccc2c1.Cl. The van der Waals surface area contributed by atoms with Crippen LogP contribution in [-0.2, 0) is 0 Å². The van der Waals surface area contributed by atoms with E-state index in [-0.39, 0.29) is 12.4 Å². The van der Waals surface area contributed by atoms with Crippen LogP contribution in [-0.4, -0.2) is 24.5 Å². The molecule has 2 aromatic rings. The highest BCUT2D eigenvalue weighted by atomic mass is 35.5. The van der Waals surface area contributed by atoms with Gasteiger partial charge in [0.2, 0.25) is 0 Å². The Balaban J connectivity index is 0.00000161. The number of fused-ring (bicyclic) bond motifs is 1. The molecule has 0 atom stereocenters. The first-order chi connectivity index (χ1) is 9.83. The van der Waals surface area contributed by atoms with E-state index < -0.39 is 0 Å². The Morgan fingerprint density at radius 3 is 2.48 bits per heavy atom. The Hall–Kier alpha value is -1.31. The molecule has 3 rings (SSSR count). The zero-order valence-electron chi connectivity index (χ0n) is 12.7. The van der Waals surface area contributed by atoms with Crippen molar-refractivity contribution in [2.75, 3.05) is 19.6 Å². The minimum Gasteiger partial charge on any atom is -0.300 e. The highest BCUT2D eigenvalue weighted by Gasteiger charge is 2.08. The zero-order chi connectivity index (χ0) is 13.8. The van der Waals surface area contributed by atoms with Crippen molar-refractivity contribution in [3.63, 3.8) is 0 Å². The van der Waals surface area contributed by atoms with E-state index in [0.29, 0.717) is 0 Å². The number of allylic oxidation sites excluding steroid dienone is 1. The Labute approximate surface area is 134 Å². The summed E-state index contributed by atoms with van der Waals surface area (Å²) in [5.74, 6) is 0. The Morgan fingerprint density at radius 1 is 1.00 bits per heavy atom. The van der Waals surface area contributed by atoms with Crippen molar-refractivity contribution in [3.8, 4) is 0 Å². The molecular weight excluding hydrogens is 278 g/mol. The van der Waals surface area contributed by atoms with E-state index in [9.17, 15) is 0 Å². The van der Waals surface area contributed by atoms with Crippen molar-refractivity contribution in [2.45, 2.75) is 26.2 Å². The smallest absolute Gasteiger partial charge is 0.0169 e. The average molecular weight is 302 g/mol. The van der Waals surface area contributed by atoms with Crippen LogP contribution in [0.25, 0.3) is 16.3 Å². The topological polar surface area (TPSA) is 3.24 Å². The molecule has 1 aliphatic rings. The second kappa shape index (κ2) is 7.63. The third kappa shape index (κ3) is 4.09. The van der Waals surface area contributed by atoms with E-state index in [1.54, 1.807) is 0 Å². The minimum absolute atomic E-state index is 0. The zero-order valence-corrected chi connectivity index (χ0v) is 13.5. The number of likely N-dealkylation sites (tertiary alicyclic amines) is 1. The molecule has 0 N–H and O–H groups in total. The molecule has 1 aliphatic heterocycles. The highest BCUT2D eigenvalue weighted by molar-refractivity contribution is 5.86. The molecule has 0 aromatic heterocycles. The number of hydrogen-bond donors (Lipinski definition) is 0. The monoisotopic (exact) mass is 301 g/mol. The minimum atomic E-state index is 0. The van der Waals surface area contributed by atoms with Gasteiger partial charge in [-0.15, -0.1) is 12.4 Å². The summed E-state index contributed by atoms with van der Waals surface area (Å²) in [7, 11) is 0. The fourth-order valence-electron chi connectivity index (χ4n) is 2.96. The third-order valence-corrected chi connectivity index (χ3v) is 4.31. The van der Waals surface area contributed by atoms with Crippen LogP contribution in [0, 0.1) is 0 Å². The van der Waals surface area contributed by atoms with Gasteiger partial charge in [0.1, 0.15) is 0 Å². The van der Waals surface area contributed by atoms with E-state index >= 15 is 0 Å². The van der Waals surface area contributed by atoms with E-state index in [1.165, 1.54) is 54.3 Å². The van der Waals surface area contributed by atoms with Crippen LogP contribution in [0.4, 0.5) is 0 Å². The van der Waals surface area contributed by atoms with Gasteiger partial charge < -0.3 is 0 Å². The van der Waals surface area contributed by atoms with Crippen LogP contribution in [0.2, 0.25) is 0 Å². The van der Waals surface area contributed by atoms with E-state index in [4.69, 9.17) is 0 Å². The number of nitrogens with zero attached hydrogens (tertiary/aromatic N) is 1. The predicted molar refractivity (Wildman–Crippen MR) is 95.1 cm³/mol. The molecule has 1 heterocycles. The molecule has 0 bridgehead atoms. The van der Waals surface area contributed by atoms with Crippen LogP contribution in [0.1, 0.15) is 31.7 Å². The van der Waals surface area contributed by atoms with Crippen LogP contribution in [0.5, 0.6) is 0 Å². The van der Waals surface area contributed by atoms with Gasteiger partial charge in [-0.25, -0.2) is 0 Å². The second-order valence-electron chi connectivity index (χ2n) is 5.81. The summed E-state index contributed by atoms with van der Waals surface area (Å²) < 4.78 is 0. The quantitative estimate of drug-likeness (QED) is 0.757.